The van der Waals surface area contributed by atoms with Crippen LogP contribution in [0.2, 0.25) is 5.02 Å². The number of methoxy groups -OCH3 is 2. The Balaban J connectivity index is 2.05. The molecule has 0 fully saturated rings. The highest BCUT2D eigenvalue weighted by atomic mass is 35.5. The minimum Gasteiger partial charge on any atom is -0.495 e. The molecule has 0 unspecified atom stereocenters. The van der Waals surface area contributed by atoms with E-state index in [1.165, 1.54) is 14.2 Å². The molecule has 0 aliphatic heterocycles. The maximum absolute atomic E-state index is 12.2. The van der Waals surface area contributed by atoms with Crippen LogP contribution in [0.4, 0.5) is 11.4 Å². The number of hydrogen-bond donors (Lipinski definition) is 2. The van der Waals surface area contributed by atoms with Crippen LogP contribution >= 0.6 is 11.6 Å². The third-order valence-corrected chi connectivity index (χ3v) is 3.72. The number of aryl methyl sites for hydroxylation is 2. The van der Waals surface area contributed by atoms with Crippen LogP contribution < -0.4 is 20.1 Å². The van der Waals surface area contributed by atoms with Crippen molar-refractivity contribution in [1.29, 1.82) is 0 Å². The Labute approximate surface area is 146 Å². The zero-order chi connectivity index (χ0) is 17.7. The largest absolute Gasteiger partial charge is 0.495 e. The van der Waals surface area contributed by atoms with Crippen LogP contribution in [0.5, 0.6) is 11.5 Å². The number of benzene rings is 2. The average Bonchev–Trinajstić information content (AvgIpc) is 2.52. The molecule has 2 aromatic carbocycles. The highest BCUT2D eigenvalue weighted by Gasteiger charge is 2.12. The van der Waals surface area contributed by atoms with Crippen molar-refractivity contribution in [2.75, 3.05) is 31.4 Å². The maximum atomic E-state index is 12.2. The second kappa shape index (κ2) is 7.93. The van der Waals surface area contributed by atoms with E-state index >= 15 is 0 Å². The lowest BCUT2D eigenvalue weighted by Gasteiger charge is -2.14. The van der Waals surface area contributed by atoms with Crippen molar-refractivity contribution in [1.82, 2.24) is 0 Å². The molecule has 2 rings (SSSR count). The first-order valence-corrected chi connectivity index (χ1v) is 7.84. The lowest BCUT2D eigenvalue weighted by Crippen LogP contribution is -2.22. The number of nitrogens with one attached hydrogen (secondary N) is 2. The van der Waals surface area contributed by atoms with E-state index < -0.39 is 0 Å². The van der Waals surface area contributed by atoms with Crippen LogP contribution in [-0.4, -0.2) is 26.7 Å². The lowest BCUT2D eigenvalue weighted by atomic mass is 10.1. The SMILES string of the molecule is COc1cc(OC)c(NC(=O)CNc2cc(C)cc(C)c2)cc1Cl. The fourth-order valence-electron chi connectivity index (χ4n) is 2.41. The molecule has 0 saturated heterocycles. The van der Waals surface area contributed by atoms with Gasteiger partial charge in [0.15, 0.2) is 0 Å². The summed E-state index contributed by atoms with van der Waals surface area (Å²) in [6.07, 6.45) is 0. The summed E-state index contributed by atoms with van der Waals surface area (Å²) in [6, 6.07) is 9.30. The topological polar surface area (TPSA) is 59.6 Å². The molecule has 1 amide bonds. The van der Waals surface area contributed by atoms with E-state index in [9.17, 15) is 4.79 Å². The Hall–Kier alpha value is -2.40. The van der Waals surface area contributed by atoms with Gasteiger partial charge in [0.05, 0.1) is 31.5 Å². The fourth-order valence-corrected chi connectivity index (χ4v) is 2.65. The first-order valence-electron chi connectivity index (χ1n) is 7.46. The molecule has 24 heavy (non-hydrogen) atoms. The molecule has 0 atom stereocenters. The van der Waals surface area contributed by atoms with Crippen LogP contribution in [0, 0.1) is 13.8 Å². The van der Waals surface area contributed by atoms with Crippen molar-refractivity contribution in [3.8, 4) is 11.5 Å². The molecule has 6 heteroatoms. The Morgan fingerprint density at radius 3 is 2.21 bits per heavy atom. The third-order valence-electron chi connectivity index (χ3n) is 3.42. The van der Waals surface area contributed by atoms with Crippen molar-refractivity contribution < 1.29 is 14.3 Å². The fraction of sp³-hybridized carbons (Fsp3) is 0.278. The second-order valence-electron chi connectivity index (χ2n) is 5.47. The van der Waals surface area contributed by atoms with Gasteiger partial charge in [-0.1, -0.05) is 17.7 Å². The van der Waals surface area contributed by atoms with Gasteiger partial charge in [0, 0.05) is 11.8 Å². The van der Waals surface area contributed by atoms with Crippen LogP contribution in [-0.2, 0) is 4.79 Å². The molecule has 5 nitrogen and oxygen atoms in total. The van der Waals surface area contributed by atoms with Gasteiger partial charge < -0.3 is 20.1 Å². The standard InChI is InChI=1S/C18H21ClN2O3/c1-11-5-12(2)7-13(6-11)20-10-18(22)21-15-8-14(19)16(23-3)9-17(15)24-4/h5-9,20H,10H2,1-4H3,(H,21,22). The van der Waals surface area contributed by atoms with Crippen molar-refractivity contribution in [2.45, 2.75) is 13.8 Å². The predicted octanol–water partition coefficient (Wildman–Crippen LogP) is 4.02. The summed E-state index contributed by atoms with van der Waals surface area (Å²) in [6.45, 7) is 4.17. The summed E-state index contributed by atoms with van der Waals surface area (Å²) in [5.74, 6) is 0.768. The molecule has 0 spiro atoms. The second-order valence-corrected chi connectivity index (χ2v) is 5.87. The Bertz CT molecular complexity index is 727. The molecular formula is C18H21ClN2O3. The molecule has 128 valence electrons. The summed E-state index contributed by atoms with van der Waals surface area (Å²) in [4.78, 5) is 12.2. The number of carbonyl (C=O) groups excluding carboxylic acids is 1. The smallest absolute Gasteiger partial charge is 0.243 e. The van der Waals surface area contributed by atoms with Crippen LogP contribution in [0.25, 0.3) is 0 Å². The van der Waals surface area contributed by atoms with E-state index in [4.69, 9.17) is 21.1 Å². The average molecular weight is 349 g/mol. The van der Waals surface area contributed by atoms with E-state index in [0.717, 1.165) is 16.8 Å². The molecule has 0 bridgehead atoms. The zero-order valence-corrected chi connectivity index (χ0v) is 15.0. The molecule has 2 N–H and O–H groups in total. The number of amides is 1. The first kappa shape index (κ1) is 17.9. The maximum Gasteiger partial charge on any atom is 0.243 e. The van der Waals surface area contributed by atoms with Gasteiger partial charge in [0.1, 0.15) is 11.5 Å². The Morgan fingerprint density at radius 1 is 1.00 bits per heavy atom. The zero-order valence-electron chi connectivity index (χ0n) is 14.2. The number of carbonyl (C=O) groups is 1. The van der Waals surface area contributed by atoms with Crippen LogP contribution in [0.15, 0.2) is 30.3 Å². The van der Waals surface area contributed by atoms with Crippen molar-refractivity contribution >= 4 is 28.9 Å². The number of anilines is 2. The molecular weight excluding hydrogens is 328 g/mol. The minimum atomic E-state index is -0.200. The number of hydrogen-bond acceptors (Lipinski definition) is 4. The monoisotopic (exact) mass is 348 g/mol. The van der Waals surface area contributed by atoms with Crippen LogP contribution in [0.3, 0.4) is 0 Å². The quantitative estimate of drug-likeness (QED) is 0.827. The first-order chi connectivity index (χ1) is 11.4. The number of ether oxygens (including phenoxy) is 2. The van der Waals surface area contributed by atoms with Crippen molar-refractivity contribution in [2.24, 2.45) is 0 Å². The van der Waals surface area contributed by atoms with E-state index in [2.05, 4.69) is 16.7 Å². The van der Waals surface area contributed by atoms with Gasteiger partial charge in [-0.3, -0.25) is 4.79 Å². The predicted molar refractivity (Wildman–Crippen MR) is 97.6 cm³/mol. The van der Waals surface area contributed by atoms with Gasteiger partial charge in [-0.05, 0) is 43.2 Å². The van der Waals surface area contributed by atoms with Gasteiger partial charge in [-0.2, -0.15) is 0 Å². The summed E-state index contributed by atoms with van der Waals surface area (Å²) in [5, 5.41) is 6.30. The van der Waals surface area contributed by atoms with Gasteiger partial charge in [0.25, 0.3) is 0 Å². The van der Waals surface area contributed by atoms with Crippen LogP contribution in [0.1, 0.15) is 11.1 Å². The van der Waals surface area contributed by atoms with E-state index in [1.807, 2.05) is 26.0 Å². The number of halogens is 1. The molecule has 0 aliphatic carbocycles. The highest BCUT2D eigenvalue weighted by Crippen LogP contribution is 2.35. The Morgan fingerprint density at radius 2 is 1.62 bits per heavy atom. The summed E-state index contributed by atoms with van der Waals surface area (Å²) < 4.78 is 10.4. The van der Waals surface area contributed by atoms with E-state index in [1.54, 1.807) is 12.1 Å². The third kappa shape index (κ3) is 4.55. The van der Waals surface area contributed by atoms with Gasteiger partial charge >= 0.3 is 0 Å². The Kier molecular flexibility index (Phi) is 5.93. The normalized spacial score (nSPS) is 10.2. The van der Waals surface area contributed by atoms with E-state index in [-0.39, 0.29) is 12.5 Å². The lowest BCUT2D eigenvalue weighted by molar-refractivity contribution is -0.114. The summed E-state index contributed by atoms with van der Waals surface area (Å²) in [5.41, 5.74) is 3.68. The van der Waals surface area contributed by atoms with E-state index in [0.29, 0.717) is 22.2 Å². The molecule has 0 radical (unpaired) electrons. The molecule has 0 aromatic heterocycles. The van der Waals surface area contributed by atoms with Gasteiger partial charge in [-0.15, -0.1) is 0 Å². The van der Waals surface area contributed by atoms with Crippen molar-refractivity contribution in [3.63, 3.8) is 0 Å². The molecule has 0 saturated carbocycles. The molecule has 0 aliphatic rings. The summed E-state index contributed by atoms with van der Waals surface area (Å²) >= 11 is 6.10. The van der Waals surface area contributed by atoms with Gasteiger partial charge in [0.2, 0.25) is 5.91 Å². The molecule has 2 aromatic rings. The van der Waals surface area contributed by atoms with Crippen molar-refractivity contribution in [3.05, 3.63) is 46.5 Å². The highest BCUT2D eigenvalue weighted by molar-refractivity contribution is 6.32. The van der Waals surface area contributed by atoms with Gasteiger partial charge in [-0.25, -0.2) is 0 Å². The number of rotatable bonds is 6. The summed E-state index contributed by atoms with van der Waals surface area (Å²) in [7, 11) is 3.04. The minimum absolute atomic E-state index is 0.135. The molecule has 0 heterocycles.